The molecule has 5 nitrogen and oxygen atoms in total. The van der Waals surface area contributed by atoms with E-state index >= 15 is 0 Å². The number of nitrogen functional groups attached to an aromatic ring is 1. The number of aromatic nitrogens is 2. The van der Waals surface area contributed by atoms with E-state index in [-0.39, 0.29) is 0 Å². The fourth-order valence-electron chi connectivity index (χ4n) is 2.06. The highest BCUT2D eigenvalue weighted by atomic mass is 15.2. The van der Waals surface area contributed by atoms with Gasteiger partial charge in [0.25, 0.3) is 0 Å². The number of anilines is 2. The Labute approximate surface area is 110 Å². The zero-order valence-electron chi connectivity index (χ0n) is 12.1. The van der Waals surface area contributed by atoms with Gasteiger partial charge in [0, 0.05) is 30.7 Å². The van der Waals surface area contributed by atoms with E-state index in [4.69, 9.17) is 5.73 Å². The molecule has 0 unspecified atom stereocenters. The third-order valence-electron chi connectivity index (χ3n) is 3.11. The van der Waals surface area contributed by atoms with Crippen molar-refractivity contribution in [3.63, 3.8) is 0 Å². The molecule has 0 bridgehead atoms. The van der Waals surface area contributed by atoms with Gasteiger partial charge in [-0.3, -0.25) is 4.90 Å². The normalized spacial score (nSPS) is 11.6. The van der Waals surface area contributed by atoms with Crippen molar-refractivity contribution in [1.82, 2.24) is 14.9 Å². The van der Waals surface area contributed by atoms with Gasteiger partial charge in [-0.1, -0.05) is 0 Å². The molecule has 1 heterocycles. The Balaban J connectivity index is 2.53. The molecule has 1 aromatic rings. The summed E-state index contributed by atoms with van der Waals surface area (Å²) in [5.41, 5.74) is 6.66. The van der Waals surface area contributed by atoms with Crippen LogP contribution in [0.4, 0.5) is 11.6 Å². The maximum atomic E-state index is 5.75. The summed E-state index contributed by atoms with van der Waals surface area (Å²) >= 11 is 0. The average molecular weight is 251 g/mol. The van der Waals surface area contributed by atoms with Crippen molar-refractivity contribution in [1.29, 1.82) is 0 Å². The highest BCUT2D eigenvalue weighted by Gasteiger charge is 2.12. The highest BCUT2D eigenvalue weighted by Crippen LogP contribution is 2.14. The lowest BCUT2D eigenvalue weighted by molar-refractivity contribution is 0.182. The molecule has 0 aromatic carbocycles. The average Bonchev–Trinajstić information content (AvgIpc) is 2.28. The summed E-state index contributed by atoms with van der Waals surface area (Å²) in [6.07, 6.45) is 1.49. The lowest BCUT2D eigenvalue weighted by Crippen LogP contribution is -2.40. The van der Waals surface area contributed by atoms with Crippen molar-refractivity contribution >= 4 is 11.6 Å². The first-order valence-electron chi connectivity index (χ1n) is 6.50. The Morgan fingerprint density at radius 3 is 2.39 bits per heavy atom. The van der Waals surface area contributed by atoms with E-state index in [1.807, 2.05) is 6.92 Å². The molecule has 0 amide bonds. The lowest BCUT2D eigenvalue weighted by Gasteiger charge is -2.30. The SMILES string of the molecule is Cc1c(N)ncnc1NCCN(C(C)C)C(C)C. The van der Waals surface area contributed by atoms with E-state index in [2.05, 4.69) is 47.9 Å². The number of nitrogens with zero attached hydrogens (tertiary/aromatic N) is 3. The van der Waals surface area contributed by atoms with Crippen LogP contribution in [0.2, 0.25) is 0 Å². The molecule has 0 saturated heterocycles. The minimum absolute atomic E-state index is 0.539. The smallest absolute Gasteiger partial charge is 0.134 e. The summed E-state index contributed by atoms with van der Waals surface area (Å²) in [5, 5.41) is 3.32. The minimum atomic E-state index is 0.539. The van der Waals surface area contributed by atoms with Gasteiger partial charge in [-0.25, -0.2) is 9.97 Å². The first kappa shape index (κ1) is 14.7. The number of rotatable bonds is 6. The number of hydrogen-bond donors (Lipinski definition) is 2. The Kier molecular flexibility index (Phi) is 5.34. The molecule has 0 saturated carbocycles. The molecule has 0 atom stereocenters. The Hall–Kier alpha value is -1.36. The molecule has 0 spiro atoms. The quantitative estimate of drug-likeness (QED) is 0.808. The van der Waals surface area contributed by atoms with E-state index in [0.29, 0.717) is 17.9 Å². The predicted molar refractivity (Wildman–Crippen MR) is 76.6 cm³/mol. The Bertz CT molecular complexity index is 368. The largest absolute Gasteiger partial charge is 0.383 e. The molecule has 5 heteroatoms. The summed E-state index contributed by atoms with van der Waals surface area (Å²) in [6.45, 7) is 12.6. The van der Waals surface area contributed by atoms with Gasteiger partial charge in [0.15, 0.2) is 0 Å². The van der Waals surface area contributed by atoms with Gasteiger partial charge in [-0.2, -0.15) is 0 Å². The molecule has 3 N–H and O–H groups in total. The summed E-state index contributed by atoms with van der Waals surface area (Å²) < 4.78 is 0. The van der Waals surface area contributed by atoms with E-state index in [0.717, 1.165) is 24.5 Å². The van der Waals surface area contributed by atoms with Gasteiger partial charge >= 0.3 is 0 Å². The standard InChI is InChI=1S/C13H25N5/c1-9(2)18(10(3)4)7-6-15-13-11(5)12(14)16-8-17-13/h8-10H,6-7H2,1-5H3,(H3,14,15,16,17). The first-order valence-corrected chi connectivity index (χ1v) is 6.50. The van der Waals surface area contributed by atoms with Crippen molar-refractivity contribution in [2.45, 2.75) is 46.7 Å². The fourth-order valence-corrected chi connectivity index (χ4v) is 2.06. The fraction of sp³-hybridized carbons (Fsp3) is 0.692. The first-order chi connectivity index (χ1) is 8.43. The van der Waals surface area contributed by atoms with Crippen molar-refractivity contribution < 1.29 is 0 Å². The summed E-state index contributed by atoms with van der Waals surface area (Å²) in [5.74, 6) is 1.37. The Morgan fingerprint density at radius 2 is 1.83 bits per heavy atom. The van der Waals surface area contributed by atoms with Gasteiger partial charge in [0.2, 0.25) is 0 Å². The van der Waals surface area contributed by atoms with Crippen LogP contribution in [0.1, 0.15) is 33.3 Å². The topological polar surface area (TPSA) is 67.1 Å². The molecule has 1 rings (SSSR count). The summed E-state index contributed by atoms with van der Waals surface area (Å²) in [7, 11) is 0. The van der Waals surface area contributed by atoms with Crippen molar-refractivity contribution in [2.75, 3.05) is 24.1 Å². The van der Waals surface area contributed by atoms with Gasteiger partial charge in [0.05, 0.1) is 0 Å². The molecule has 0 fully saturated rings. The van der Waals surface area contributed by atoms with Crippen molar-refractivity contribution in [2.24, 2.45) is 0 Å². The minimum Gasteiger partial charge on any atom is -0.383 e. The molecule has 0 aliphatic rings. The molecule has 18 heavy (non-hydrogen) atoms. The highest BCUT2D eigenvalue weighted by molar-refractivity contribution is 5.53. The molecule has 1 aromatic heterocycles. The van der Waals surface area contributed by atoms with Crippen LogP contribution >= 0.6 is 0 Å². The Morgan fingerprint density at radius 1 is 1.22 bits per heavy atom. The van der Waals surface area contributed by atoms with Gasteiger partial charge in [-0.15, -0.1) is 0 Å². The zero-order chi connectivity index (χ0) is 13.7. The van der Waals surface area contributed by atoms with Crippen LogP contribution in [-0.4, -0.2) is 40.0 Å². The van der Waals surface area contributed by atoms with Crippen LogP contribution in [0.15, 0.2) is 6.33 Å². The third kappa shape index (κ3) is 3.84. The molecule has 0 radical (unpaired) electrons. The maximum absolute atomic E-state index is 5.75. The second kappa shape index (κ2) is 6.54. The molecular formula is C13H25N5. The van der Waals surface area contributed by atoms with Gasteiger partial charge < -0.3 is 11.1 Å². The van der Waals surface area contributed by atoms with Crippen LogP contribution < -0.4 is 11.1 Å². The molecule has 0 aliphatic heterocycles. The molecular weight excluding hydrogens is 226 g/mol. The lowest BCUT2D eigenvalue weighted by atomic mass is 10.2. The summed E-state index contributed by atoms with van der Waals surface area (Å²) in [4.78, 5) is 10.6. The van der Waals surface area contributed by atoms with Gasteiger partial charge in [-0.05, 0) is 34.6 Å². The van der Waals surface area contributed by atoms with E-state index in [1.165, 1.54) is 6.33 Å². The number of hydrogen-bond acceptors (Lipinski definition) is 5. The second-order valence-electron chi connectivity index (χ2n) is 5.08. The third-order valence-corrected chi connectivity index (χ3v) is 3.11. The second-order valence-corrected chi connectivity index (χ2v) is 5.08. The van der Waals surface area contributed by atoms with Crippen LogP contribution in [0, 0.1) is 6.92 Å². The van der Waals surface area contributed by atoms with Crippen LogP contribution in [0.5, 0.6) is 0 Å². The van der Waals surface area contributed by atoms with Crippen LogP contribution in [-0.2, 0) is 0 Å². The molecule has 102 valence electrons. The van der Waals surface area contributed by atoms with E-state index in [1.54, 1.807) is 0 Å². The monoisotopic (exact) mass is 251 g/mol. The predicted octanol–water partition coefficient (Wildman–Crippen LogP) is 1.90. The maximum Gasteiger partial charge on any atom is 0.134 e. The van der Waals surface area contributed by atoms with E-state index < -0.39 is 0 Å². The number of nitrogens with two attached hydrogens (primary N) is 1. The van der Waals surface area contributed by atoms with Crippen LogP contribution in [0.25, 0.3) is 0 Å². The van der Waals surface area contributed by atoms with Crippen molar-refractivity contribution in [3.8, 4) is 0 Å². The van der Waals surface area contributed by atoms with Crippen molar-refractivity contribution in [3.05, 3.63) is 11.9 Å². The molecule has 0 aliphatic carbocycles. The van der Waals surface area contributed by atoms with E-state index in [9.17, 15) is 0 Å². The summed E-state index contributed by atoms with van der Waals surface area (Å²) in [6, 6.07) is 1.09. The van der Waals surface area contributed by atoms with Crippen LogP contribution in [0.3, 0.4) is 0 Å². The zero-order valence-corrected chi connectivity index (χ0v) is 12.1. The number of nitrogens with one attached hydrogen (secondary N) is 1. The van der Waals surface area contributed by atoms with Gasteiger partial charge in [0.1, 0.15) is 18.0 Å².